The van der Waals surface area contributed by atoms with Crippen LogP contribution in [-0.2, 0) is 9.53 Å². The van der Waals surface area contributed by atoms with Gasteiger partial charge in [0.05, 0.1) is 30.5 Å². The van der Waals surface area contributed by atoms with Crippen LogP contribution in [0.25, 0.3) is 0 Å². The van der Waals surface area contributed by atoms with E-state index in [9.17, 15) is 14.0 Å². The van der Waals surface area contributed by atoms with E-state index in [1.54, 1.807) is 18.2 Å². The molecule has 134 valence electrons. The molecule has 0 spiro atoms. The van der Waals surface area contributed by atoms with Gasteiger partial charge in [-0.1, -0.05) is 5.57 Å². The molecule has 2 aliphatic rings. The third-order valence-electron chi connectivity index (χ3n) is 4.49. The lowest BCUT2D eigenvalue weighted by atomic mass is 10.0. The van der Waals surface area contributed by atoms with Crippen molar-refractivity contribution in [2.45, 2.75) is 18.9 Å². The summed E-state index contributed by atoms with van der Waals surface area (Å²) in [7, 11) is 0. The number of ether oxygens (including phenoxy) is 1. The number of hydrogen-bond acceptors (Lipinski definition) is 6. The fourth-order valence-corrected chi connectivity index (χ4v) is 3.16. The molecular formula is C18H17FN4O3. The Morgan fingerprint density at radius 2 is 2.15 bits per heavy atom. The Bertz CT molecular complexity index is 816. The van der Waals surface area contributed by atoms with Crippen molar-refractivity contribution in [2.24, 2.45) is 4.99 Å². The van der Waals surface area contributed by atoms with Crippen LogP contribution in [0.4, 0.5) is 20.6 Å². The Morgan fingerprint density at radius 3 is 2.81 bits per heavy atom. The summed E-state index contributed by atoms with van der Waals surface area (Å²) in [4.78, 5) is 28.8. The zero-order chi connectivity index (χ0) is 18.5. The smallest absolute Gasteiger partial charge is 0.414 e. The van der Waals surface area contributed by atoms with Crippen LogP contribution in [0.1, 0.15) is 12.8 Å². The summed E-state index contributed by atoms with van der Waals surface area (Å²) in [6, 6.07) is 6.66. The SMILES string of the molecule is N#CC=C1CCN(c2ccc(N3C[C@H](CN=C=O)OC3=O)cc2F)CC1. The summed E-state index contributed by atoms with van der Waals surface area (Å²) in [5.74, 6) is -0.419. The zero-order valence-electron chi connectivity index (χ0n) is 14.0. The summed E-state index contributed by atoms with van der Waals surface area (Å²) >= 11 is 0. The molecule has 0 N–H and O–H groups in total. The van der Waals surface area contributed by atoms with Gasteiger partial charge in [-0.2, -0.15) is 5.26 Å². The molecular weight excluding hydrogens is 339 g/mol. The Kier molecular flexibility index (Phi) is 5.30. The summed E-state index contributed by atoms with van der Waals surface area (Å²) in [6.07, 6.45) is 3.29. The van der Waals surface area contributed by atoms with Gasteiger partial charge in [-0.3, -0.25) is 4.90 Å². The molecule has 0 aromatic heterocycles. The minimum atomic E-state index is -0.590. The van der Waals surface area contributed by atoms with Gasteiger partial charge in [0, 0.05) is 19.2 Å². The maximum atomic E-state index is 14.6. The van der Waals surface area contributed by atoms with Crippen molar-refractivity contribution in [3.05, 3.63) is 35.7 Å². The predicted octanol–water partition coefficient (Wildman–Crippen LogP) is 2.54. The number of aliphatic imine (C=N–C) groups is 1. The molecule has 0 saturated carbocycles. The van der Waals surface area contributed by atoms with Crippen LogP contribution in [0.5, 0.6) is 0 Å². The van der Waals surface area contributed by atoms with Gasteiger partial charge in [-0.05, 0) is 31.0 Å². The van der Waals surface area contributed by atoms with Crippen LogP contribution in [-0.4, -0.2) is 44.5 Å². The normalized spacial score (nSPS) is 19.6. The molecule has 0 radical (unpaired) electrons. The van der Waals surface area contributed by atoms with Crippen molar-refractivity contribution in [2.75, 3.05) is 36.0 Å². The molecule has 0 bridgehead atoms. The summed E-state index contributed by atoms with van der Waals surface area (Å²) in [5.41, 5.74) is 1.94. The van der Waals surface area contributed by atoms with E-state index in [2.05, 4.69) is 4.99 Å². The number of cyclic esters (lactones) is 1. The number of benzene rings is 1. The highest BCUT2D eigenvalue weighted by Gasteiger charge is 2.32. The number of piperidine rings is 1. The number of hydrogen-bond donors (Lipinski definition) is 0. The number of amides is 1. The zero-order valence-corrected chi connectivity index (χ0v) is 14.0. The third-order valence-corrected chi connectivity index (χ3v) is 4.49. The fraction of sp³-hybridized carbons (Fsp3) is 0.389. The minimum absolute atomic E-state index is 0.0403. The van der Waals surface area contributed by atoms with Crippen molar-refractivity contribution in [1.82, 2.24) is 0 Å². The summed E-state index contributed by atoms with van der Waals surface area (Å²) in [6.45, 7) is 1.52. The van der Waals surface area contributed by atoms with Crippen molar-refractivity contribution in [1.29, 1.82) is 5.26 Å². The number of allylic oxidation sites excluding steroid dienone is 1. The largest absolute Gasteiger partial charge is 0.442 e. The molecule has 2 saturated heterocycles. The highest BCUT2D eigenvalue weighted by molar-refractivity contribution is 5.90. The Labute approximate surface area is 150 Å². The molecule has 1 aromatic carbocycles. The Morgan fingerprint density at radius 1 is 1.38 bits per heavy atom. The number of halogens is 1. The number of carbonyl (C=O) groups excluding carboxylic acids is 2. The van der Waals surface area contributed by atoms with Gasteiger partial charge in [0.25, 0.3) is 0 Å². The highest BCUT2D eigenvalue weighted by Crippen LogP contribution is 2.30. The lowest BCUT2D eigenvalue weighted by Gasteiger charge is -2.30. The topological polar surface area (TPSA) is 86.0 Å². The van der Waals surface area contributed by atoms with Crippen LogP contribution < -0.4 is 9.80 Å². The van der Waals surface area contributed by atoms with Gasteiger partial charge in [0.1, 0.15) is 11.9 Å². The van der Waals surface area contributed by atoms with E-state index in [-0.39, 0.29) is 13.1 Å². The van der Waals surface area contributed by atoms with Crippen LogP contribution in [0.2, 0.25) is 0 Å². The Hall–Kier alpha value is -3.17. The van der Waals surface area contributed by atoms with Crippen molar-refractivity contribution in [3.8, 4) is 6.07 Å². The van der Waals surface area contributed by atoms with Crippen LogP contribution in [0.15, 0.2) is 34.8 Å². The minimum Gasteiger partial charge on any atom is -0.442 e. The van der Waals surface area contributed by atoms with E-state index in [1.807, 2.05) is 11.0 Å². The van der Waals surface area contributed by atoms with Gasteiger partial charge in [-0.25, -0.2) is 19.0 Å². The van der Waals surface area contributed by atoms with E-state index in [0.717, 1.165) is 18.4 Å². The van der Waals surface area contributed by atoms with Gasteiger partial charge < -0.3 is 9.64 Å². The van der Waals surface area contributed by atoms with E-state index in [1.165, 1.54) is 17.0 Å². The average molecular weight is 356 g/mol. The number of nitrogens with zero attached hydrogens (tertiary/aromatic N) is 4. The van der Waals surface area contributed by atoms with Crippen molar-refractivity contribution < 1.29 is 18.7 Å². The standard InChI is InChI=1S/C18H17FN4O3/c19-16-9-14(23-11-15(10-21-12-24)26-18(23)25)1-2-17(16)22-7-4-13(3-6-20)5-8-22/h1-3,9,15H,4-5,7-8,10-11H2/t15-/m0/s1. The highest BCUT2D eigenvalue weighted by atomic mass is 19.1. The molecule has 3 rings (SSSR count). The molecule has 8 heteroatoms. The van der Waals surface area contributed by atoms with Crippen LogP contribution in [0, 0.1) is 17.1 Å². The molecule has 7 nitrogen and oxygen atoms in total. The lowest BCUT2D eigenvalue weighted by molar-refractivity contribution is 0.145. The molecule has 0 aliphatic carbocycles. The third kappa shape index (κ3) is 3.73. The number of anilines is 2. The van der Waals surface area contributed by atoms with E-state index in [4.69, 9.17) is 10.00 Å². The van der Waals surface area contributed by atoms with Gasteiger partial charge >= 0.3 is 6.09 Å². The first-order valence-corrected chi connectivity index (χ1v) is 8.26. The van der Waals surface area contributed by atoms with Crippen molar-refractivity contribution in [3.63, 3.8) is 0 Å². The van der Waals surface area contributed by atoms with Crippen molar-refractivity contribution >= 4 is 23.5 Å². The predicted molar refractivity (Wildman–Crippen MR) is 92.1 cm³/mol. The van der Waals surface area contributed by atoms with Gasteiger partial charge in [-0.15, -0.1) is 0 Å². The molecule has 26 heavy (non-hydrogen) atoms. The second kappa shape index (κ2) is 7.81. The molecule has 0 unspecified atom stereocenters. The number of nitriles is 1. The second-order valence-corrected chi connectivity index (χ2v) is 6.10. The molecule has 1 atom stereocenters. The number of isocyanates is 1. The van der Waals surface area contributed by atoms with E-state index in [0.29, 0.717) is 24.5 Å². The maximum Gasteiger partial charge on any atom is 0.414 e. The van der Waals surface area contributed by atoms with Gasteiger partial charge in [0.2, 0.25) is 6.08 Å². The van der Waals surface area contributed by atoms with E-state index >= 15 is 0 Å². The monoisotopic (exact) mass is 356 g/mol. The first kappa shape index (κ1) is 17.6. The van der Waals surface area contributed by atoms with E-state index < -0.39 is 18.0 Å². The first-order valence-electron chi connectivity index (χ1n) is 8.26. The molecule has 1 aromatic rings. The molecule has 1 amide bonds. The molecule has 2 fully saturated rings. The first-order chi connectivity index (χ1) is 12.6. The quantitative estimate of drug-likeness (QED) is 0.470. The summed E-state index contributed by atoms with van der Waals surface area (Å²) in [5, 5.41) is 8.70. The fourth-order valence-electron chi connectivity index (χ4n) is 3.16. The van der Waals surface area contributed by atoms with Crippen LogP contribution >= 0.6 is 0 Å². The average Bonchev–Trinajstić information content (AvgIpc) is 3.02. The molecule has 2 aliphatic heterocycles. The summed E-state index contributed by atoms with van der Waals surface area (Å²) < 4.78 is 19.7. The molecule has 2 heterocycles. The number of rotatable bonds is 4. The van der Waals surface area contributed by atoms with Gasteiger partial charge in [0.15, 0.2) is 0 Å². The second-order valence-electron chi connectivity index (χ2n) is 6.10. The number of carbonyl (C=O) groups is 1. The maximum absolute atomic E-state index is 14.6. The van der Waals surface area contributed by atoms with Crippen LogP contribution in [0.3, 0.4) is 0 Å². The Balaban J connectivity index is 1.70. The lowest BCUT2D eigenvalue weighted by Crippen LogP contribution is -2.31.